The fourth-order valence-corrected chi connectivity index (χ4v) is 5.18. The molecule has 9 nitrogen and oxygen atoms in total. The van der Waals surface area contributed by atoms with Crippen molar-refractivity contribution in [3.8, 4) is 17.1 Å². The molecule has 1 aromatic carbocycles. The van der Waals surface area contributed by atoms with Gasteiger partial charge in [-0.05, 0) is 48.7 Å². The van der Waals surface area contributed by atoms with Crippen molar-refractivity contribution >= 4 is 22.4 Å². The molecule has 1 N–H and O–H groups in total. The summed E-state index contributed by atoms with van der Waals surface area (Å²) in [7, 11) is 1.60. The third kappa shape index (κ3) is 5.91. The molecule has 0 unspecified atom stereocenters. The summed E-state index contributed by atoms with van der Waals surface area (Å²) in [6.45, 7) is -0.345. The van der Waals surface area contributed by atoms with Crippen LogP contribution in [0.3, 0.4) is 0 Å². The number of hydrogen-bond donors (Lipinski definition) is 1. The van der Waals surface area contributed by atoms with Crippen molar-refractivity contribution in [1.82, 2.24) is 19.7 Å². The normalized spacial score (nSPS) is 18.9. The van der Waals surface area contributed by atoms with Crippen LogP contribution in [0.5, 0.6) is 5.75 Å². The molecule has 41 heavy (non-hydrogen) atoms. The molecule has 0 spiro atoms. The Bertz CT molecular complexity index is 1510. The maximum atomic E-state index is 14.0. The van der Waals surface area contributed by atoms with Gasteiger partial charge in [0.2, 0.25) is 0 Å². The molecular formula is C28H28F4N6O3. The van der Waals surface area contributed by atoms with E-state index >= 15 is 0 Å². The van der Waals surface area contributed by atoms with Gasteiger partial charge in [-0.3, -0.25) is 14.4 Å². The Morgan fingerprint density at radius 1 is 0.976 bits per heavy atom. The maximum Gasteiger partial charge on any atom is 0.377 e. The van der Waals surface area contributed by atoms with Crippen LogP contribution in [0.2, 0.25) is 0 Å². The predicted molar refractivity (Wildman–Crippen MR) is 144 cm³/mol. The number of methoxy groups -OCH3 is 1. The molecule has 2 saturated heterocycles. The van der Waals surface area contributed by atoms with Gasteiger partial charge in [-0.2, -0.15) is 22.7 Å². The number of ether oxygens (including phenoxy) is 3. The number of rotatable bonds is 7. The smallest absolute Gasteiger partial charge is 0.377 e. The molecule has 0 bridgehead atoms. The summed E-state index contributed by atoms with van der Waals surface area (Å²) in [6, 6.07) is 12.5. The number of benzene rings is 1. The van der Waals surface area contributed by atoms with E-state index in [1.807, 2.05) is 35.0 Å². The average molecular weight is 573 g/mol. The number of aromatic nitrogens is 4. The van der Waals surface area contributed by atoms with E-state index in [1.54, 1.807) is 13.3 Å². The van der Waals surface area contributed by atoms with Crippen LogP contribution < -0.4 is 15.0 Å². The molecule has 6 rings (SSSR count). The van der Waals surface area contributed by atoms with E-state index < -0.39 is 25.3 Å². The number of fused-ring (bicyclic) bond motifs is 1. The molecule has 0 radical (unpaired) electrons. The van der Waals surface area contributed by atoms with E-state index in [0.29, 0.717) is 42.4 Å². The summed E-state index contributed by atoms with van der Waals surface area (Å²) in [6.07, 6.45) is -3.32. The summed E-state index contributed by atoms with van der Waals surface area (Å²) in [5.74, 6) is 1.33. The van der Waals surface area contributed by atoms with Crippen LogP contribution in [-0.4, -0.2) is 71.4 Å². The first-order valence-electron chi connectivity index (χ1n) is 13.2. The van der Waals surface area contributed by atoms with Crippen LogP contribution in [0.25, 0.3) is 22.3 Å². The predicted octanol–water partition coefficient (Wildman–Crippen LogP) is 5.16. The third-order valence-electron chi connectivity index (χ3n) is 7.12. The second kappa shape index (κ2) is 10.8. The number of halogens is 4. The molecule has 2 aliphatic heterocycles. The van der Waals surface area contributed by atoms with Crippen molar-refractivity contribution in [1.29, 1.82) is 0 Å². The molecular weight excluding hydrogens is 544 g/mol. The van der Waals surface area contributed by atoms with Crippen molar-refractivity contribution in [2.75, 3.05) is 43.6 Å². The fraction of sp³-hybridized carbons (Fsp3) is 0.393. The molecule has 3 aromatic heterocycles. The van der Waals surface area contributed by atoms with Gasteiger partial charge in [-0.15, -0.1) is 0 Å². The summed E-state index contributed by atoms with van der Waals surface area (Å²) < 4.78 is 72.2. The van der Waals surface area contributed by atoms with E-state index in [2.05, 4.69) is 20.0 Å². The van der Waals surface area contributed by atoms with E-state index in [1.165, 1.54) is 18.3 Å². The lowest BCUT2D eigenvalue weighted by atomic mass is 10.1. The topological polar surface area (TPSA) is 86.6 Å². The van der Waals surface area contributed by atoms with Crippen LogP contribution in [-0.2, 0) is 16.0 Å². The number of hydrogen-bond acceptors (Lipinski definition) is 8. The molecule has 2 aliphatic rings. The van der Waals surface area contributed by atoms with Crippen molar-refractivity contribution < 1.29 is 31.8 Å². The van der Waals surface area contributed by atoms with Crippen LogP contribution in [0, 0.1) is 0 Å². The van der Waals surface area contributed by atoms with Crippen molar-refractivity contribution in [3.05, 3.63) is 60.4 Å². The Labute approximate surface area is 233 Å². The number of nitrogens with zero attached hydrogens (tertiary/aromatic N) is 5. The highest BCUT2D eigenvalue weighted by Crippen LogP contribution is 2.38. The first kappa shape index (κ1) is 27.2. The van der Waals surface area contributed by atoms with E-state index in [9.17, 15) is 17.6 Å². The van der Waals surface area contributed by atoms with Crippen molar-refractivity contribution in [2.45, 2.75) is 37.6 Å². The summed E-state index contributed by atoms with van der Waals surface area (Å²) in [5.41, 5.74) is 2.68. The van der Waals surface area contributed by atoms with Crippen LogP contribution in [0.4, 0.5) is 29.1 Å². The minimum atomic E-state index is -4.01. The molecule has 0 atom stereocenters. The quantitative estimate of drug-likeness (QED) is 0.304. The van der Waals surface area contributed by atoms with Crippen molar-refractivity contribution in [2.24, 2.45) is 0 Å². The summed E-state index contributed by atoms with van der Waals surface area (Å²) in [5, 5.41) is 9.07. The number of pyridine rings is 2. The zero-order valence-corrected chi connectivity index (χ0v) is 22.2. The van der Waals surface area contributed by atoms with E-state index in [4.69, 9.17) is 14.6 Å². The highest BCUT2D eigenvalue weighted by atomic mass is 19.3. The van der Waals surface area contributed by atoms with Gasteiger partial charge >= 0.3 is 12.2 Å². The Morgan fingerprint density at radius 3 is 2.39 bits per heavy atom. The Kier molecular flexibility index (Phi) is 7.16. The molecule has 5 heterocycles. The first-order chi connectivity index (χ1) is 19.7. The van der Waals surface area contributed by atoms with Gasteiger partial charge in [0, 0.05) is 37.3 Å². The Morgan fingerprint density at radius 2 is 1.68 bits per heavy atom. The van der Waals surface area contributed by atoms with Gasteiger partial charge < -0.3 is 19.7 Å². The molecule has 2 fully saturated rings. The number of nitrogens with one attached hydrogen (secondary N) is 1. The molecule has 0 aliphatic carbocycles. The second-order valence-corrected chi connectivity index (χ2v) is 10.1. The number of anilines is 2. The minimum absolute atomic E-state index is 0.136. The lowest BCUT2D eigenvalue weighted by Gasteiger charge is -2.38. The minimum Gasteiger partial charge on any atom is -0.497 e. The van der Waals surface area contributed by atoms with E-state index in [-0.39, 0.29) is 11.7 Å². The molecule has 0 amide bonds. The Balaban J connectivity index is 1.42. The van der Waals surface area contributed by atoms with Crippen LogP contribution in [0.15, 0.2) is 54.9 Å². The Hall–Kier alpha value is -3.97. The van der Waals surface area contributed by atoms with Gasteiger partial charge in [0.05, 0.1) is 30.3 Å². The highest BCUT2D eigenvalue weighted by Gasteiger charge is 2.51. The van der Waals surface area contributed by atoms with Gasteiger partial charge in [0.15, 0.2) is 0 Å². The monoisotopic (exact) mass is 572 g/mol. The molecule has 216 valence electrons. The van der Waals surface area contributed by atoms with Gasteiger partial charge in [0.1, 0.15) is 30.4 Å². The van der Waals surface area contributed by atoms with Gasteiger partial charge in [-0.1, -0.05) is 12.1 Å². The molecule has 4 aromatic rings. The van der Waals surface area contributed by atoms with Crippen molar-refractivity contribution in [3.63, 3.8) is 0 Å². The van der Waals surface area contributed by atoms with Gasteiger partial charge in [0.25, 0.3) is 0 Å². The van der Waals surface area contributed by atoms with Crippen LogP contribution in [0.1, 0.15) is 18.4 Å². The zero-order chi connectivity index (χ0) is 28.6. The molecule has 13 heteroatoms. The lowest BCUT2D eigenvalue weighted by molar-refractivity contribution is -0.380. The average Bonchev–Trinajstić information content (AvgIpc) is 3.32. The zero-order valence-electron chi connectivity index (χ0n) is 22.2. The first-order valence-corrected chi connectivity index (χ1v) is 13.2. The standard InChI is InChI=1S/C28H28F4N6O3/c1-39-21-4-2-18(3-5-21)15-38-23-7-11-34-26(35-19-8-12-40-13-9-19)24(23)25(36-38)22-14-20(6-10-33-22)37-16-27(29,30)41-28(31,32)17-37/h2-7,10-11,14,19H,8-9,12-13,15-17H2,1H3,(H,34,35). The fourth-order valence-electron chi connectivity index (χ4n) is 5.18. The lowest BCUT2D eigenvalue weighted by Crippen LogP contribution is -2.55. The summed E-state index contributed by atoms with van der Waals surface area (Å²) in [4.78, 5) is 9.96. The maximum absolute atomic E-state index is 14.0. The second-order valence-electron chi connectivity index (χ2n) is 10.1. The van der Waals surface area contributed by atoms with E-state index in [0.717, 1.165) is 34.6 Å². The number of morpholine rings is 1. The molecule has 0 saturated carbocycles. The largest absolute Gasteiger partial charge is 0.497 e. The van der Waals surface area contributed by atoms with Gasteiger partial charge in [-0.25, -0.2) is 4.98 Å². The SMILES string of the molecule is COc1ccc(Cn2nc(-c3cc(N4CC(F)(F)OC(F)(F)C4)ccn3)c3c(NC4CCOCC4)nccc32)cc1. The highest BCUT2D eigenvalue weighted by molar-refractivity contribution is 6.00. The third-order valence-corrected chi connectivity index (χ3v) is 7.12. The van der Waals surface area contributed by atoms with Crippen LogP contribution >= 0.6 is 0 Å². The summed E-state index contributed by atoms with van der Waals surface area (Å²) >= 11 is 0. The number of alkyl halides is 4.